The minimum Gasteiger partial charge on any atom is -0.354 e. The molecule has 0 atom stereocenters. The molecule has 4 heteroatoms. The first kappa shape index (κ1) is 10.8. The fourth-order valence-corrected chi connectivity index (χ4v) is 1.33. The summed E-state index contributed by atoms with van der Waals surface area (Å²) < 4.78 is 5.23. The van der Waals surface area contributed by atoms with Crippen molar-refractivity contribution in [2.24, 2.45) is 0 Å². The quantitative estimate of drug-likeness (QED) is 0.853. The Morgan fingerprint density at radius 1 is 1.38 bits per heavy atom. The molecule has 16 heavy (non-hydrogen) atoms. The van der Waals surface area contributed by atoms with Crippen molar-refractivity contribution in [1.29, 1.82) is 0 Å². The van der Waals surface area contributed by atoms with Gasteiger partial charge in [0.1, 0.15) is 5.69 Å². The van der Waals surface area contributed by atoms with Crippen LogP contribution >= 0.6 is 0 Å². The van der Waals surface area contributed by atoms with Gasteiger partial charge in [0.05, 0.1) is 5.69 Å². The highest BCUT2D eigenvalue weighted by Crippen LogP contribution is 2.16. The summed E-state index contributed by atoms with van der Waals surface area (Å²) in [5.41, 5.74) is 1.71. The van der Waals surface area contributed by atoms with Gasteiger partial charge in [0.15, 0.2) is 5.76 Å². The van der Waals surface area contributed by atoms with Crippen molar-refractivity contribution in [3.05, 3.63) is 36.2 Å². The molecule has 2 heterocycles. The maximum absolute atomic E-state index is 5.23. The smallest absolute Gasteiger partial charge is 0.185 e. The molecule has 0 aliphatic heterocycles. The molecule has 0 amide bonds. The summed E-state index contributed by atoms with van der Waals surface area (Å²) in [6.07, 6.45) is 1.74. The summed E-state index contributed by atoms with van der Waals surface area (Å²) in [6, 6.07) is 8.06. The van der Waals surface area contributed by atoms with E-state index in [2.05, 4.69) is 29.3 Å². The summed E-state index contributed by atoms with van der Waals surface area (Å²) in [7, 11) is 0. The molecular weight excluding hydrogens is 202 g/mol. The Kier molecular flexibility index (Phi) is 3.31. The number of rotatable bonds is 4. The number of nitrogens with one attached hydrogen (secondary N) is 1. The fraction of sp³-hybridized carbons (Fsp3) is 0.333. The molecule has 2 aromatic heterocycles. The molecule has 0 radical (unpaired) electrons. The van der Waals surface area contributed by atoms with Crippen LogP contribution in [0.3, 0.4) is 0 Å². The van der Waals surface area contributed by atoms with Gasteiger partial charge in [-0.15, -0.1) is 0 Å². The normalized spacial score (nSPS) is 10.9. The van der Waals surface area contributed by atoms with Crippen LogP contribution in [0.1, 0.15) is 19.5 Å². The second kappa shape index (κ2) is 4.90. The molecule has 4 nitrogen and oxygen atoms in total. The Bertz CT molecular complexity index is 437. The van der Waals surface area contributed by atoms with E-state index in [9.17, 15) is 0 Å². The highest BCUT2D eigenvalue weighted by atomic mass is 16.5. The third-order valence-electron chi connectivity index (χ3n) is 2.17. The van der Waals surface area contributed by atoms with Crippen LogP contribution in [0.4, 0.5) is 0 Å². The molecule has 1 N–H and O–H groups in total. The lowest BCUT2D eigenvalue weighted by Crippen LogP contribution is -2.21. The monoisotopic (exact) mass is 217 g/mol. The Morgan fingerprint density at radius 2 is 2.25 bits per heavy atom. The third kappa shape index (κ3) is 2.67. The lowest BCUT2D eigenvalue weighted by Gasteiger charge is -2.03. The highest BCUT2D eigenvalue weighted by molar-refractivity contribution is 5.51. The number of nitrogens with zero attached hydrogens (tertiary/aromatic N) is 2. The predicted molar refractivity (Wildman–Crippen MR) is 61.7 cm³/mol. The molecule has 0 aliphatic carbocycles. The van der Waals surface area contributed by atoms with Crippen LogP contribution in [0, 0.1) is 0 Å². The van der Waals surface area contributed by atoms with E-state index in [1.807, 2.05) is 24.3 Å². The number of aromatic nitrogens is 2. The SMILES string of the molecule is CC(C)NCc1cc(-c2ccccn2)on1. The van der Waals surface area contributed by atoms with Crippen molar-refractivity contribution in [3.63, 3.8) is 0 Å². The second-order valence-electron chi connectivity index (χ2n) is 3.93. The highest BCUT2D eigenvalue weighted by Gasteiger charge is 2.07. The molecular formula is C12H15N3O. The first-order chi connectivity index (χ1) is 7.75. The molecule has 0 saturated carbocycles. The van der Waals surface area contributed by atoms with E-state index in [4.69, 9.17) is 4.52 Å². The van der Waals surface area contributed by atoms with Crippen LogP contribution in [0.2, 0.25) is 0 Å². The lowest BCUT2D eigenvalue weighted by atomic mass is 10.2. The van der Waals surface area contributed by atoms with Gasteiger partial charge in [-0.3, -0.25) is 4.98 Å². The van der Waals surface area contributed by atoms with E-state index < -0.39 is 0 Å². The van der Waals surface area contributed by atoms with Crippen molar-refractivity contribution < 1.29 is 4.52 Å². The van der Waals surface area contributed by atoms with E-state index in [0.717, 1.165) is 11.4 Å². The average Bonchev–Trinajstić information content (AvgIpc) is 2.76. The van der Waals surface area contributed by atoms with Gasteiger partial charge in [0, 0.05) is 24.8 Å². The Hall–Kier alpha value is -1.68. The zero-order valence-electron chi connectivity index (χ0n) is 9.47. The van der Waals surface area contributed by atoms with E-state index in [0.29, 0.717) is 18.3 Å². The van der Waals surface area contributed by atoms with Gasteiger partial charge in [-0.25, -0.2) is 0 Å². The summed E-state index contributed by atoms with van der Waals surface area (Å²) >= 11 is 0. The standard InChI is InChI=1S/C12H15N3O/c1-9(2)14-8-10-7-12(16-15-10)11-5-3-4-6-13-11/h3-7,9,14H,8H2,1-2H3. The van der Waals surface area contributed by atoms with Gasteiger partial charge < -0.3 is 9.84 Å². The first-order valence-electron chi connectivity index (χ1n) is 5.36. The van der Waals surface area contributed by atoms with Gasteiger partial charge in [-0.05, 0) is 12.1 Å². The van der Waals surface area contributed by atoms with Crippen LogP contribution in [-0.4, -0.2) is 16.2 Å². The summed E-state index contributed by atoms with van der Waals surface area (Å²) in [5, 5.41) is 7.27. The molecule has 0 bridgehead atoms. The van der Waals surface area contributed by atoms with Gasteiger partial charge in [-0.1, -0.05) is 25.1 Å². The van der Waals surface area contributed by atoms with Crippen LogP contribution in [0.5, 0.6) is 0 Å². The van der Waals surface area contributed by atoms with Crippen molar-refractivity contribution in [2.45, 2.75) is 26.4 Å². The zero-order valence-corrected chi connectivity index (χ0v) is 9.47. The molecule has 0 fully saturated rings. The van der Waals surface area contributed by atoms with Gasteiger partial charge >= 0.3 is 0 Å². The van der Waals surface area contributed by atoms with E-state index in [1.165, 1.54) is 0 Å². The van der Waals surface area contributed by atoms with Crippen molar-refractivity contribution in [3.8, 4) is 11.5 Å². The topological polar surface area (TPSA) is 51.0 Å². The molecule has 84 valence electrons. The first-order valence-corrected chi connectivity index (χ1v) is 5.36. The molecule has 2 aromatic rings. The van der Waals surface area contributed by atoms with Crippen molar-refractivity contribution in [2.75, 3.05) is 0 Å². The second-order valence-corrected chi connectivity index (χ2v) is 3.93. The van der Waals surface area contributed by atoms with Gasteiger partial charge in [-0.2, -0.15) is 0 Å². The van der Waals surface area contributed by atoms with E-state index >= 15 is 0 Å². The minimum absolute atomic E-state index is 0.440. The van der Waals surface area contributed by atoms with Crippen LogP contribution in [0.25, 0.3) is 11.5 Å². The largest absolute Gasteiger partial charge is 0.354 e. The Labute approximate surface area is 94.7 Å². The molecule has 2 rings (SSSR count). The lowest BCUT2D eigenvalue weighted by molar-refractivity contribution is 0.416. The number of pyridine rings is 1. The maximum Gasteiger partial charge on any atom is 0.185 e. The van der Waals surface area contributed by atoms with Crippen LogP contribution in [-0.2, 0) is 6.54 Å². The molecule has 0 saturated heterocycles. The minimum atomic E-state index is 0.440. The summed E-state index contributed by atoms with van der Waals surface area (Å²) in [5.74, 6) is 0.709. The molecule has 0 aromatic carbocycles. The maximum atomic E-state index is 5.23. The molecule has 0 spiro atoms. The summed E-state index contributed by atoms with van der Waals surface area (Å²) in [4.78, 5) is 4.20. The third-order valence-corrected chi connectivity index (χ3v) is 2.17. The number of hydrogen-bond donors (Lipinski definition) is 1. The van der Waals surface area contributed by atoms with E-state index in [1.54, 1.807) is 6.20 Å². The fourth-order valence-electron chi connectivity index (χ4n) is 1.33. The van der Waals surface area contributed by atoms with Crippen molar-refractivity contribution >= 4 is 0 Å². The number of hydrogen-bond acceptors (Lipinski definition) is 4. The van der Waals surface area contributed by atoms with Crippen LogP contribution < -0.4 is 5.32 Å². The van der Waals surface area contributed by atoms with Crippen molar-refractivity contribution in [1.82, 2.24) is 15.5 Å². The average molecular weight is 217 g/mol. The molecule has 0 aliphatic rings. The molecule has 0 unspecified atom stereocenters. The zero-order chi connectivity index (χ0) is 11.4. The van der Waals surface area contributed by atoms with Gasteiger partial charge in [0.25, 0.3) is 0 Å². The predicted octanol–water partition coefficient (Wildman–Crippen LogP) is 2.23. The van der Waals surface area contributed by atoms with E-state index in [-0.39, 0.29) is 0 Å². The van der Waals surface area contributed by atoms with Crippen LogP contribution in [0.15, 0.2) is 35.0 Å². The Balaban J connectivity index is 2.08. The Morgan fingerprint density at radius 3 is 2.94 bits per heavy atom. The summed E-state index contributed by atoms with van der Waals surface area (Å²) in [6.45, 7) is 4.91. The van der Waals surface area contributed by atoms with Gasteiger partial charge in [0.2, 0.25) is 0 Å².